The summed E-state index contributed by atoms with van der Waals surface area (Å²) < 4.78 is 67.2. The topological polar surface area (TPSA) is 237 Å². The Morgan fingerprint density at radius 2 is 0.622 bits per heavy atom. The van der Waals surface area contributed by atoms with Gasteiger partial charge in [-0.2, -0.15) is 0 Å². The molecule has 438 valence electrons. The molecule has 74 heavy (non-hydrogen) atoms. The first-order valence-electron chi connectivity index (χ1n) is 29.1. The molecule has 0 aromatic carbocycles. The molecule has 0 aromatic heterocycles. The largest absolute Gasteiger partial charge is 0.472 e. The highest BCUT2D eigenvalue weighted by molar-refractivity contribution is 7.47. The number of rotatable bonds is 55. The highest BCUT2D eigenvalue weighted by Crippen LogP contribution is 2.45. The number of esters is 4. The van der Waals surface area contributed by atoms with Gasteiger partial charge in [-0.1, -0.05) is 214 Å². The molecule has 0 rings (SSSR count). The number of hydrogen-bond donors (Lipinski definition) is 3. The van der Waals surface area contributed by atoms with Gasteiger partial charge in [-0.15, -0.1) is 0 Å². The summed E-state index contributed by atoms with van der Waals surface area (Å²) in [6.45, 7) is 6.92. The summed E-state index contributed by atoms with van der Waals surface area (Å²) >= 11 is 0. The predicted molar refractivity (Wildman–Crippen MR) is 289 cm³/mol. The maximum atomic E-state index is 12.9. The molecule has 0 aliphatic heterocycles. The van der Waals surface area contributed by atoms with Crippen LogP contribution in [0.1, 0.15) is 266 Å². The van der Waals surface area contributed by atoms with E-state index in [4.69, 9.17) is 37.0 Å². The van der Waals surface area contributed by atoms with E-state index in [0.717, 1.165) is 102 Å². The van der Waals surface area contributed by atoms with Crippen molar-refractivity contribution < 1.29 is 80.2 Å². The molecule has 2 unspecified atom stereocenters. The Kier molecular flexibility index (Phi) is 48.1. The molecule has 0 bridgehead atoms. The maximum absolute atomic E-state index is 12.9. The minimum absolute atomic E-state index is 0.0986. The highest BCUT2D eigenvalue weighted by Gasteiger charge is 2.30. The van der Waals surface area contributed by atoms with Gasteiger partial charge in [0.15, 0.2) is 12.2 Å². The van der Waals surface area contributed by atoms with Crippen LogP contribution in [0.4, 0.5) is 0 Å². The number of phosphoric acid groups is 2. The molecule has 0 saturated carbocycles. The maximum Gasteiger partial charge on any atom is 0.472 e. The Hall–Kier alpha value is -1.94. The van der Waals surface area contributed by atoms with Crippen molar-refractivity contribution in [3.05, 3.63) is 0 Å². The van der Waals surface area contributed by atoms with E-state index in [-0.39, 0.29) is 25.7 Å². The zero-order valence-electron chi connectivity index (χ0n) is 47.0. The van der Waals surface area contributed by atoms with E-state index in [0.29, 0.717) is 25.7 Å². The van der Waals surface area contributed by atoms with Gasteiger partial charge in [0.05, 0.1) is 26.4 Å². The van der Waals surface area contributed by atoms with Crippen LogP contribution in [-0.2, 0) is 65.4 Å². The number of carbonyl (C=O) groups is 4. The van der Waals surface area contributed by atoms with Gasteiger partial charge in [0.1, 0.15) is 19.3 Å². The number of aliphatic hydroxyl groups excluding tert-OH is 1. The van der Waals surface area contributed by atoms with Crippen molar-refractivity contribution in [1.82, 2.24) is 0 Å². The van der Waals surface area contributed by atoms with E-state index in [1.807, 2.05) is 0 Å². The predicted octanol–water partition coefficient (Wildman–Crippen LogP) is 14.3. The van der Waals surface area contributed by atoms with Gasteiger partial charge in [0.2, 0.25) is 0 Å². The standard InChI is InChI=1S/C55H106O17P2/c1-6-9-12-15-16-17-18-19-22-25-30-34-39-53(58)66-45-51(72-55(60)41-36-31-26-23-20-21-24-29-32-37-48(4)5)47-70-74(63,64)68-43-49(56)42-67-73(61,62)69-46-50(71-54(59)40-35-28-14-11-8-3)44-65-52(57)38-33-27-13-10-7-2/h48-51,56H,6-47H2,1-5H3,(H,61,62)(H,63,64)/t49-,50+,51+/m0/s1. The molecule has 17 nitrogen and oxygen atoms in total. The molecule has 0 radical (unpaired) electrons. The molecular formula is C55H106O17P2. The molecule has 0 aromatic rings. The minimum Gasteiger partial charge on any atom is -0.462 e. The van der Waals surface area contributed by atoms with Gasteiger partial charge in [-0.25, -0.2) is 9.13 Å². The average molecular weight is 1100 g/mol. The van der Waals surface area contributed by atoms with Crippen molar-refractivity contribution >= 4 is 39.5 Å². The quantitative estimate of drug-likeness (QED) is 0.0222. The van der Waals surface area contributed by atoms with Gasteiger partial charge >= 0.3 is 39.5 Å². The summed E-state index contributed by atoms with van der Waals surface area (Å²) in [5, 5.41) is 10.4. The normalized spacial score (nSPS) is 14.5. The fourth-order valence-electron chi connectivity index (χ4n) is 7.99. The van der Waals surface area contributed by atoms with Crippen molar-refractivity contribution in [1.29, 1.82) is 0 Å². The Labute approximate surface area is 447 Å². The smallest absolute Gasteiger partial charge is 0.462 e. The molecular weight excluding hydrogens is 995 g/mol. The van der Waals surface area contributed by atoms with Crippen LogP contribution in [0.5, 0.6) is 0 Å². The molecule has 0 aliphatic rings. The number of unbranched alkanes of at least 4 members (excludes halogenated alkanes) is 27. The van der Waals surface area contributed by atoms with Crippen molar-refractivity contribution in [2.24, 2.45) is 5.92 Å². The molecule has 0 fully saturated rings. The molecule has 0 spiro atoms. The molecule has 3 N–H and O–H groups in total. The lowest BCUT2D eigenvalue weighted by Gasteiger charge is -2.21. The van der Waals surface area contributed by atoms with Gasteiger partial charge in [0, 0.05) is 25.7 Å². The van der Waals surface area contributed by atoms with Crippen molar-refractivity contribution in [2.75, 3.05) is 39.6 Å². The number of ether oxygens (including phenoxy) is 4. The number of aliphatic hydroxyl groups is 1. The Balaban J connectivity index is 5.14. The summed E-state index contributed by atoms with van der Waals surface area (Å²) in [7, 11) is -9.85. The fourth-order valence-corrected chi connectivity index (χ4v) is 9.57. The molecule has 5 atom stereocenters. The lowest BCUT2D eigenvalue weighted by molar-refractivity contribution is -0.161. The zero-order valence-corrected chi connectivity index (χ0v) is 48.7. The molecule has 0 saturated heterocycles. The van der Waals surface area contributed by atoms with Crippen LogP contribution in [0.3, 0.4) is 0 Å². The summed E-state index contributed by atoms with van der Waals surface area (Å²) in [5.74, 6) is -1.43. The van der Waals surface area contributed by atoms with Crippen LogP contribution in [0.2, 0.25) is 0 Å². The summed E-state index contributed by atoms with van der Waals surface area (Å²) in [4.78, 5) is 71.3. The SMILES string of the molecule is CCCCCCCCCCCCCCC(=O)OC[C@H](COP(=O)(O)OC[C@@H](O)COP(=O)(O)OC[C@@H](COC(=O)CCCCCCC)OC(=O)CCCCCCC)OC(=O)CCCCCCCCCCCC(C)C. The van der Waals surface area contributed by atoms with Crippen LogP contribution >= 0.6 is 15.6 Å². The van der Waals surface area contributed by atoms with Crippen molar-refractivity contribution in [2.45, 2.75) is 284 Å². The second-order valence-corrected chi connectivity index (χ2v) is 23.4. The molecule has 19 heteroatoms. The monoisotopic (exact) mass is 1100 g/mol. The van der Waals surface area contributed by atoms with Crippen LogP contribution < -0.4 is 0 Å². The molecule has 0 amide bonds. The lowest BCUT2D eigenvalue weighted by Crippen LogP contribution is -2.30. The number of carbonyl (C=O) groups excluding carboxylic acids is 4. The van der Waals surface area contributed by atoms with Gasteiger partial charge < -0.3 is 33.8 Å². The summed E-state index contributed by atoms with van der Waals surface area (Å²) in [6, 6.07) is 0. The van der Waals surface area contributed by atoms with E-state index in [1.54, 1.807) is 0 Å². The number of phosphoric ester groups is 2. The van der Waals surface area contributed by atoms with E-state index in [1.165, 1.54) is 83.5 Å². The van der Waals surface area contributed by atoms with Gasteiger partial charge in [0.25, 0.3) is 0 Å². The van der Waals surface area contributed by atoms with E-state index in [2.05, 4.69) is 34.6 Å². The van der Waals surface area contributed by atoms with Crippen LogP contribution in [-0.4, -0.2) is 96.7 Å². The van der Waals surface area contributed by atoms with Crippen molar-refractivity contribution in [3.8, 4) is 0 Å². The Bertz CT molecular complexity index is 1470. The first kappa shape index (κ1) is 72.1. The molecule has 0 heterocycles. The highest BCUT2D eigenvalue weighted by atomic mass is 31.2. The Morgan fingerprint density at radius 3 is 0.919 bits per heavy atom. The summed E-state index contributed by atoms with van der Waals surface area (Å²) in [5.41, 5.74) is 0. The van der Waals surface area contributed by atoms with Crippen molar-refractivity contribution in [3.63, 3.8) is 0 Å². The Morgan fingerprint density at radius 1 is 0.365 bits per heavy atom. The number of hydrogen-bond acceptors (Lipinski definition) is 15. The first-order valence-corrected chi connectivity index (χ1v) is 32.1. The van der Waals surface area contributed by atoms with E-state index in [9.17, 15) is 43.2 Å². The van der Waals surface area contributed by atoms with Crippen LogP contribution in [0.25, 0.3) is 0 Å². The third-order valence-electron chi connectivity index (χ3n) is 12.5. The van der Waals surface area contributed by atoms with E-state index >= 15 is 0 Å². The van der Waals surface area contributed by atoms with Gasteiger partial charge in [-0.3, -0.25) is 37.3 Å². The van der Waals surface area contributed by atoms with Crippen LogP contribution in [0.15, 0.2) is 0 Å². The van der Waals surface area contributed by atoms with Gasteiger partial charge in [-0.05, 0) is 31.6 Å². The minimum atomic E-state index is -4.93. The zero-order chi connectivity index (χ0) is 55.0. The average Bonchev–Trinajstić information content (AvgIpc) is 3.36. The second kappa shape index (κ2) is 49.4. The molecule has 0 aliphatic carbocycles. The third-order valence-corrected chi connectivity index (χ3v) is 14.4. The fraction of sp³-hybridized carbons (Fsp3) is 0.927. The summed E-state index contributed by atoms with van der Waals surface area (Å²) in [6.07, 6.45) is 30.1. The van der Waals surface area contributed by atoms with Crippen LogP contribution in [0, 0.1) is 5.92 Å². The second-order valence-electron chi connectivity index (χ2n) is 20.4. The van der Waals surface area contributed by atoms with E-state index < -0.39 is 97.5 Å². The third kappa shape index (κ3) is 49.6. The first-order chi connectivity index (χ1) is 35.5. The lowest BCUT2D eigenvalue weighted by atomic mass is 10.0.